The van der Waals surface area contributed by atoms with Crippen molar-refractivity contribution in [3.8, 4) is 0 Å². The molecule has 0 N–H and O–H groups in total. The van der Waals surface area contributed by atoms with Crippen LogP contribution in [0.5, 0.6) is 0 Å². The Kier molecular flexibility index (Phi) is 3.90. The van der Waals surface area contributed by atoms with Crippen molar-refractivity contribution >= 4 is 16.6 Å². The number of hydrogen-bond acceptors (Lipinski definition) is 2. The summed E-state index contributed by atoms with van der Waals surface area (Å²) in [5.41, 5.74) is 5.26. The molecule has 1 aliphatic heterocycles. The Bertz CT molecular complexity index is 711. The van der Waals surface area contributed by atoms with Gasteiger partial charge in [0.05, 0.1) is 5.52 Å². The second kappa shape index (κ2) is 5.51. The first kappa shape index (κ1) is 16.3. The third-order valence-corrected chi connectivity index (χ3v) is 4.84. The predicted molar refractivity (Wildman–Crippen MR) is 101 cm³/mol. The van der Waals surface area contributed by atoms with Gasteiger partial charge in [-0.05, 0) is 48.1 Å². The molecule has 0 unspecified atom stereocenters. The van der Waals surface area contributed by atoms with Gasteiger partial charge in [0.25, 0.3) is 0 Å². The Morgan fingerprint density at radius 3 is 2.09 bits per heavy atom. The molecule has 23 heavy (non-hydrogen) atoms. The molecule has 2 aromatic rings. The minimum absolute atomic E-state index is 0.0712. The normalized spacial score (nSPS) is 16.3. The highest BCUT2D eigenvalue weighted by molar-refractivity contribution is 5.87. The van der Waals surface area contributed by atoms with Crippen molar-refractivity contribution in [2.24, 2.45) is 0 Å². The molecule has 1 aliphatic rings. The number of hydrogen-bond donors (Lipinski definition) is 0. The number of nitrogens with zero attached hydrogens (tertiary/aromatic N) is 2. The molecule has 3 rings (SSSR count). The summed E-state index contributed by atoms with van der Waals surface area (Å²) in [6.07, 6.45) is 2.62. The van der Waals surface area contributed by atoms with Crippen LogP contribution in [0.3, 0.4) is 0 Å². The molecule has 0 saturated carbocycles. The number of fused-ring (bicyclic) bond motifs is 1. The summed E-state index contributed by atoms with van der Waals surface area (Å²) in [7, 11) is 0. The van der Waals surface area contributed by atoms with E-state index in [2.05, 4.69) is 70.7 Å². The number of pyridine rings is 1. The molecule has 1 fully saturated rings. The monoisotopic (exact) mass is 310 g/mol. The predicted octanol–water partition coefficient (Wildman–Crippen LogP) is 5.43. The minimum Gasteiger partial charge on any atom is -0.372 e. The summed E-state index contributed by atoms with van der Waals surface area (Å²) >= 11 is 0. The Hall–Kier alpha value is -1.57. The van der Waals surface area contributed by atoms with Crippen LogP contribution in [0.2, 0.25) is 0 Å². The fourth-order valence-electron chi connectivity index (χ4n) is 3.39. The summed E-state index contributed by atoms with van der Waals surface area (Å²) in [5, 5.41) is 1.31. The number of anilines is 1. The van der Waals surface area contributed by atoms with Gasteiger partial charge >= 0.3 is 0 Å². The fourth-order valence-corrected chi connectivity index (χ4v) is 3.39. The number of rotatable bonds is 1. The van der Waals surface area contributed by atoms with Gasteiger partial charge in [0.2, 0.25) is 0 Å². The molecule has 2 heterocycles. The van der Waals surface area contributed by atoms with Crippen LogP contribution < -0.4 is 4.90 Å². The molecule has 0 atom stereocenters. The fraction of sp³-hybridized carbons (Fsp3) is 0.571. The second-order valence-electron chi connectivity index (χ2n) is 8.95. The van der Waals surface area contributed by atoms with E-state index in [1.165, 1.54) is 48.3 Å². The Morgan fingerprint density at radius 2 is 1.52 bits per heavy atom. The van der Waals surface area contributed by atoms with Crippen LogP contribution in [0, 0.1) is 0 Å². The van der Waals surface area contributed by atoms with Gasteiger partial charge < -0.3 is 4.90 Å². The highest BCUT2D eigenvalue weighted by Crippen LogP contribution is 2.35. The van der Waals surface area contributed by atoms with E-state index in [9.17, 15) is 0 Å². The Morgan fingerprint density at radius 1 is 0.870 bits per heavy atom. The second-order valence-corrected chi connectivity index (χ2v) is 8.95. The maximum absolute atomic E-state index is 4.97. The summed E-state index contributed by atoms with van der Waals surface area (Å²) in [4.78, 5) is 7.47. The molecule has 124 valence electrons. The van der Waals surface area contributed by atoms with E-state index < -0.39 is 0 Å². The van der Waals surface area contributed by atoms with Crippen LogP contribution in [-0.4, -0.2) is 18.1 Å². The van der Waals surface area contributed by atoms with E-state index in [1.807, 2.05) is 0 Å². The van der Waals surface area contributed by atoms with Gasteiger partial charge in [-0.2, -0.15) is 0 Å². The molecular weight excluding hydrogens is 280 g/mol. The van der Waals surface area contributed by atoms with Crippen LogP contribution in [0.15, 0.2) is 24.3 Å². The van der Waals surface area contributed by atoms with Gasteiger partial charge in [0.1, 0.15) is 0 Å². The molecular formula is C21H30N2. The molecule has 0 amide bonds. The lowest BCUT2D eigenvalue weighted by atomic mass is 9.81. The van der Waals surface area contributed by atoms with Gasteiger partial charge in [-0.1, -0.05) is 41.5 Å². The first-order chi connectivity index (χ1) is 10.7. The van der Waals surface area contributed by atoms with Crippen LogP contribution in [0.4, 0.5) is 5.69 Å². The van der Waals surface area contributed by atoms with E-state index in [0.717, 1.165) is 5.52 Å². The van der Waals surface area contributed by atoms with Gasteiger partial charge in [-0.15, -0.1) is 0 Å². The molecule has 1 aromatic heterocycles. The zero-order valence-electron chi connectivity index (χ0n) is 15.5. The quantitative estimate of drug-likeness (QED) is 0.698. The smallest absolute Gasteiger partial charge is 0.0710 e. The largest absolute Gasteiger partial charge is 0.372 e. The average Bonchev–Trinajstić information content (AvgIpc) is 2.97. The summed E-state index contributed by atoms with van der Waals surface area (Å²) in [5.74, 6) is 0. The molecule has 2 heteroatoms. The van der Waals surface area contributed by atoms with E-state index in [4.69, 9.17) is 4.98 Å². The van der Waals surface area contributed by atoms with E-state index in [0.29, 0.717) is 0 Å². The zero-order valence-corrected chi connectivity index (χ0v) is 15.5. The average molecular weight is 310 g/mol. The minimum atomic E-state index is 0.0712. The molecule has 0 spiro atoms. The Labute approximate surface area is 140 Å². The first-order valence-electron chi connectivity index (χ1n) is 8.87. The topological polar surface area (TPSA) is 16.1 Å². The van der Waals surface area contributed by atoms with Gasteiger partial charge in [-0.3, -0.25) is 4.98 Å². The maximum atomic E-state index is 4.97. The lowest BCUT2D eigenvalue weighted by molar-refractivity contribution is 0.558. The van der Waals surface area contributed by atoms with Crippen molar-refractivity contribution in [2.75, 3.05) is 18.0 Å². The van der Waals surface area contributed by atoms with Gasteiger partial charge in [-0.25, -0.2) is 0 Å². The summed E-state index contributed by atoms with van der Waals surface area (Å²) < 4.78 is 0. The number of benzene rings is 1. The van der Waals surface area contributed by atoms with Crippen LogP contribution in [-0.2, 0) is 10.8 Å². The van der Waals surface area contributed by atoms with E-state index in [1.54, 1.807) is 0 Å². The molecule has 0 aliphatic carbocycles. The lowest BCUT2D eigenvalue weighted by Crippen LogP contribution is -2.20. The van der Waals surface area contributed by atoms with Crippen LogP contribution in [0.25, 0.3) is 10.9 Å². The van der Waals surface area contributed by atoms with Crippen molar-refractivity contribution in [3.05, 3.63) is 35.5 Å². The highest BCUT2D eigenvalue weighted by Gasteiger charge is 2.24. The third kappa shape index (κ3) is 3.22. The van der Waals surface area contributed by atoms with E-state index in [-0.39, 0.29) is 10.8 Å². The van der Waals surface area contributed by atoms with Crippen molar-refractivity contribution < 1.29 is 0 Å². The van der Waals surface area contributed by atoms with E-state index >= 15 is 0 Å². The zero-order chi connectivity index (χ0) is 16.8. The van der Waals surface area contributed by atoms with Gasteiger partial charge in [0, 0.05) is 35.3 Å². The Balaban J connectivity index is 2.21. The number of aromatic nitrogens is 1. The molecule has 1 saturated heterocycles. The molecule has 0 bridgehead atoms. The van der Waals surface area contributed by atoms with Crippen LogP contribution in [0.1, 0.15) is 65.6 Å². The lowest BCUT2D eigenvalue weighted by Gasteiger charge is -2.27. The molecule has 1 aromatic carbocycles. The first-order valence-corrected chi connectivity index (χ1v) is 8.87. The standard InChI is InChI=1S/C21H30N2/c1-20(2,3)17-14-19(21(4,5)6)22-18-10-9-15(13-16(17)18)23-11-7-8-12-23/h9-10,13-14H,7-8,11-12H2,1-6H3. The molecule has 2 nitrogen and oxygen atoms in total. The van der Waals surface area contributed by atoms with Crippen molar-refractivity contribution in [3.63, 3.8) is 0 Å². The van der Waals surface area contributed by atoms with Crippen LogP contribution >= 0.6 is 0 Å². The summed E-state index contributed by atoms with van der Waals surface area (Å²) in [6, 6.07) is 9.16. The van der Waals surface area contributed by atoms with Crippen molar-refractivity contribution in [2.45, 2.75) is 65.2 Å². The van der Waals surface area contributed by atoms with Crippen molar-refractivity contribution in [1.82, 2.24) is 4.98 Å². The maximum Gasteiger partial charge on any atom is 0.0710 e. The SMILES string of the molecule is CC(C)(C)c1cc(C(C)(C)C)c2cc(N3CCCC3)ccc2n1. The molecule has 0 radical (unpaired) electrons. The summed E-state index contributed by atoms with van der Waals surface area (Å²) in [6.45, 7) is 16.0. The van der Waals surface area contributed by atoms with Gasteiger partial charge in [0.15, 0.2) is 0 Å². The third-order valence-electron chi connectivity index (χ3n) is 4.84. The van der Waals surface area contributed by atoms with Crippen molar-refractivity contribution in [1.29, 1.82) is 0 Å². The highest BCUT2D eigenvalue weighted by atomic mass is 15.1.